The summed E-state index contributed by atoms with van der Waals surface area (Å²) in [5.41, 5.74) is -1.89. The van der Waals surface area contributed by atoms with Gasteiger partial charge in [0.15, 0.2) is 5.69 Å². The van der Waals surface area contributed by atoms with Crippen molar-refractivity contribution in [3.63, 3.8) is 0 Å². The smallest absolute Gasteiger partial charge is 0.411 e. The van der Waals surface area contributed by atoms with Crippen molar-refractivity contribution < 1.29 is 36.4 Å². The minimum atomic E-state index is -3.95. The second-order valence-corrected chi connectivity index (χ2v) is 10.8. The van der Waals surface area contributed by atoms with Crippen LogP contribution < -0.4 is 10.9 Å². The molecule has 14 heteroatoms. The molecule has 1 unspecified atom stereocenters. The number of nitrogens with zero attached hydrogens (tertiary/aromatic N) is 3. The van der Waals surface area contributed by atoms with Gasteiger partial charge in [-0.1, -0.05) is 12.1 Å². The molecule has 1 aromatic carbocycles. The van der Waals surface area contributed by atoms with E-state index >= 15 is 0 Å². The summed E-state index contributed by atoms with van der Waals surface area (Å²) in [6.45, 7) is 4.12. The van der Waals surface area contributed by atoms with Gasteiger partial charge in [0.1, 0.15) is 23.3 Å². The van der Waals surface area contributed by atoms with Crippen molar-refractivity contribution >= 4 is 22.1 Å². The molecule has 0 fully saturated rings. The average molecular weight is 527 g/mol. The van der Waals surface area contributed by atoms with Crippen LogP contribution in [0, 0.1) is 5.82 Å². The van der Waals surface area contributed by atoms with Crippen molar-refractivity contribution in [1.82, 2.24) is 19.8 Å². The predicted octanol–water partition coefficient (Wildman–Crippen LogP) is 1.29. The van der Waals surface area contributed by atoms with E-state index in [4.69, 9.17) is 8.92 Å². The van der Waals surface area contributed by atoms with Gasteiger partial charge in [0.2, 0.25) is 5.75 Å². The molecule has 1 aliphatic rings. The third-order valence-electron chi connectivity index (χ3n) is 5.06. The van der Waals surface area contributed by atoms with Crippen LogP contribution in [0.15, 0.2) is 29.1 Å². The van der Waals surface area contributed by atoms with Crippen LogP contribution in [-0.2, 0) is 32.1 Å². The van der Waals surface area contributed by atoms with Gasteiger partial charge >= 0.3 is 6.09 Å². The van der Waals surface area contributed by atoms with E-state index in [-0.39, 0.29) is 25.5 Å². The van der Waals surface area contributed by atoms with Crippen LogP contribution in [0.25, 0.3) is 0 Å². The highest BCUT2D eigenvalue weighted by atomic mass is 32.2. The second-order valence-electron chi connectivity index (χ2n) is 9.11. The molecule has 1 atom stereocenters. The molecular formula is C22H27FN4O8S. The molecule has 2 N–H and O–H groups in total. The van der Waals surface area contributed by atoms with Crippen molar-refractivity contribution in [2.75, 3.05) is 19.4 Å². The Hall–Kier alpha value is -3.52. The molecule has 0 spiro atoms. The second kappa shape index (κ2) is 10.2. The summed E-state index contributed by atoms with van der Waals surface area (Å²) >= 11 is 0. The van der Waals surface area contributed by atoms with E-state index in [0.717, 1.165) is 15.7 Å². The number of ether oxygens (including phenoxy) is 1. The van der Waals surface area contributed by atoms with Gasteiger partial charge in [-0.2, -0.15) is 8.42 Å². The van der Waals surface area contributed by atoms with Crippen LogP contribution in [-0.4, -0.2) is 65.0 Å². The number of aromatic hydroxyl groups is 1. The number of carbonyl (C=O) groups is 2. The lowest BCUT2D eigenvalue weighted by Gasteiger charge is -2.37. The van der Waals surface area contributed by atoms with Gasteiger partial charge in [-0.25, -0.2) is 14.2 Å². The highest BCUT2D eigenvalue weighted by Crippen LogP contribution is 2.27. The number of carbonyl (C=O) groups excluding carboxylic acids is 2. The molecular weight excluding hydrogens is 499 g/mol. The maximum absolute atomic E-state index is 13.1. The Labute approximate surface area is 206 Å². The van der Waals surface area contributed by atoms with E-state index in [9.17, 15) is 32.3 Å². The summed E-state index contributed by atoms with van der Waals surface area (Å²) in [5.74, 6) is -2.44. The molecule has 0 aliphatic carbocycles. The zero-order chi connectivity index (χ0) is 26.8. The lowest BCUT2D eigenvalue weighted by molar-refractivity contribution is 0.00321. The average Bonchev–Trinajstić information content (AvgIpc) is 2.77. The zero-order valence-corrected chi connectivity index (χ0v) is 21.0. The quantitative estimate of drug-likeness (QED) is 0.529. The van der Waals surface area contributed by atoms with E-state index in [1.54, 1.807) is 20.8 Å². The van der Waals surface area contributed by atoms with Crippen molar-refractivity contribution in [3.8, 4) is 5.75 Å². The van der Waals surface area contributed by atoms with Crippen molar-refractivity contribution in [2.45, 2.75) is 45.5 Å². The monoisotopic (exact) mass is 526 g/mol. The van der Waals surface area contributed by atoms with Crippen molar-refractivity contribution in [2.24, 2.45) is 0 Å². The van der Waals surface area contributed by atoms with Gasteiger partial charge in [-0.15, -0.1) is 0 Å². The number of nitrogens with one attached hydrogen (secondary N) is 1. The molecule has 2 heterocycles. The number of halogens is 1. The molecule has 2 amide bonds. The van der Waals surface area contributed by atoms with Crippen molar-refractivity contribution in [1.29, 1.82) is 0 Å². The molecule has 0 saturated heterocycles. The molecule has 0 radical (unpaired) electrons. The highest BCUT2D eigenvalue weighted by Gasteiger charge is 2.38. The Morgan fingerprint density at radius 3 is 2.44 bits per heavy atom. The first-order chi connectivity index (χ1) is 16.7. The number of rotatable bonds is 6. The topological polar surface area (TPSA) is 157 Å². The summed E-state index contributed by atoms with van der Waals surface area (Å²) in [6, 6.07) is 4.09. The van der Waals surface area contributed by atoms with Crippen LogP contribution in [0.4, 0.5) is 9.18 Å². The Morgan fingerprint density at radius 2 is 1.86 bits per heavy atom. The molecule has 3 rings (SSSR count). The Balaban J connectivity index is 1.98. The van der Waals surface area contributed by atoms with Crippen LogP contribution in [0.5, 0.6) is 5.75 Å². The van der Waals surface area contributed by atoms with E-state index < -0.39 is 63.2 Å². The van der Waals surface area contributed by atoms with E-state index in [1.165, 1.54) is 24.3 Å². The van der Waals surface area contributed by atoms with Gasteiger partial charge in [0.05, 0.1) is 12.9 Å². The zero-order valence-electron chi connectivity index (χ0n) is 20.1. The molecule has 1 aliphatic heterocycles. The summed E-state index contributed by atoms with van der Waals surface area (Å²) in [5, 5.41) is 12.9. The maximum Gasteiger partial charge on any atom is 0.411 e. The Morgan fingerprint density at radius 1 is 1.22 bits per heavy atom. The molecule has 2 aromatic rings. The number of hydrogen-bond donors (Lipinski definition) is 2. The standard InChI is InChI=1S/C22H27FN4O8S/c1-22(2,3)35-21(31)26-9-10-27-18(15(26)12-34-36(4,32)33)25-16(17(28)20(27)30)19(29)24-11-13-5-7-14(23)8-6-13/h5-8,15,28H,9-12H2,1-4H3,(H,24,29). The maximum atomic E-state index is 13.1. The summed E-state index contributed by atoms with van der Waals surface area (Å²) in [7, 11) is -3.95. The SMILES string of the molecule is CC(C)(C)OC(=O)N1CCn2c(nc(C(=O)NCc3ccc(F)cc3)c(O)c2=O)C1COS(C)(=O)=O. The predicted molar refractivity (Wildman–Crippen MR) is 124 cm³/mol. The normalized spacial score (nSPS) is 15.8. The summed E-state index contributed by atoms with van der Waals surface area (Å²) in [6.07, 6.45) is 0.0136. The summed E-state index contributed by atoms with van der Waals surface area (Å²) < 4.78 is 47.8. The number of amides is 2. The lowest BCUT2D eigenvalue weighted by Crippen LogP contribution is -2.49. The van der Waals surface area contributed by atoms with Crippen LogP contribution in [0.3, 0.4) is 0 Å². The van der Waals surface area contributed by atoms with E-state index in [0.29, 0.717) is 5.56 Å². The number of hydrogen-bond acceptors (Lipinski definition) is 9. The number of benzene rings is 1. The fourth-order valence-electron chi connectivity index (χ4n) is 3.45. The fraction of sp³-hybridized carbons (Fsp3) is 0.455. The molecule has 1 aromatic heterocycles. The van der Waals surface area contributed by atoms with E-state index in [1.807, 2.05) is 0 Å². The van der Waals surface area contributed by atoms with E-state index in [2.05, 4.69) is 10.3 Å². The minimum absolute atomic E-state index is 0.0523. The first kappa shape index (κ1) is 27.1. The third-order valence-corrected chi connectivity index (χ3v) is 5.63. The molecule has 36 heavy (non-hydrogen) atoms. The lowest BCUT2D eigenvalue weighted by atomic mass is 10.1. The summed E-state index contributed by atoms with van der Waals surface area (Å²) in [4.78, 5) is 43.8. The molecule has 196 valence electrons. The fourth-order valence-corrected chi connectivity index (χ4v) is 3.83. The van der Waals surface area contributed by atoms with Crippen LogP contribution >= 0.6 is 0 Å². The first-order valence-electron chi connectivity index (χ1n) is 10.9. The molecule has 0 saturated carbocycles. The van der Waals surface area contributed by atoms with Crippen LogP contribution in [0.2, 0.25) is 0 Å². The highest BCUT2D eigenvalue weighted by molar-refractivity contribution is 7.85. The van der Waals surface area contributed by atoms with Gasteiger partial charge in [0, 0.05) is 19.6 Å². The largest absolute Gasteiger partial charge is 0.501 e. The third kappa shape index (κ3) is 6.57. The van der Waals surface area contributed by atoms with Gasteiger partial charge < -0.3 is 15.2 Å². The van der Waals surface area contributed by atoms with Gasteiger partial charge in [-0.05, 0) is 38.5 Å². The minimum Gasteiger partial charge on any atom is -0.501 e. The van der Waals surface area contributed by atoms with Crippen molar-refractivity contribution in [3.05, 3.63) is 57.5 Å². The van der Waals surface area contributed by atoms with Crippen LogP contribution in [0.1, 0.15) is 48.7 Å². The van der Waals surface area contributed by atoms with Gasteiger partial charge in [-0.3, -0.25) is 23.2 Å². The number of fused-ring (bicyclic) bond motifs is 1. The Bertz CT molecular complexity index is 1320. The molecule has 12 nitrogen and oxygen atoms in total. The Kier molecular flexibility index (Phi) is 7.69. The molecule has 0 bridgehead atoms. The van der Waals surface area contributed by atoms with Gasteiger partial charge in [0.25, 0.3) is 21.6 Å². The number of aromatic nitrogens is 2. The first-order valence-corrected chi connectivity index (χ1v) is 12.7.